The van der Waals surface area contributed by atoms with Gasteiger partial charge in [0.05, 0.1) is 6.21 Å². The van der Waals surface area contributed by atoms with Crippen LogP contribution in [0.5, 0.6) is 0 Å². The van der Waals surface area contributed by atoms with E-state index in [1.54, 1.807) is 30.6 Å². The molecule has 0 spiro atoms. The Kier molecular flexibility index (Phi) is 4.55. The van der Waals surface area contributed by atoms with Gasteiger partial charge < -0.3 is 0 Å². The molecule has 3 aromatic rings. The molecule has 4 heteroatoms. The van der Waals surface area contributed by atoms with Crippen LogP contribution in [0.2, 0.25) is 0 Å². The standard InChI is InChI=1S/C19H15N3O/c23-19(18-8-4-5-13-20-18)22-21-14-15-9-11-17(12-10-15)16-6-2-1-3-7-16/h1-14H,(H,22,23). The average molecular weight is 301 g/mol. The summed E-state index contributed by atoms with van der Waals surface area (Å²) in [6.07, 6.45) is 3.18. The van der Waals surface area contributed by atoms with Crippen LogP contribution in [-0.4, -0.2) is 17.1 Å². The topological polar surface area (TPSA) is 54.4 Å². The van der Waals surface area contributed by atoms with E-state index >= 15 is 0 Å². The van der Waals surface area contributed by atoms with Gasteiger partial charge >= 0.3 is 0 Å². The van der Waals surface area contributed by atoms with Gasteiger partial charge in [0, 0.05) is 6.20 Å². The van der Waals surface area contributed by atoms with Gasteiger partial charge in [-0.05, 0) is 28.8 Å². The highest BCUT2D eigenvalue weighted by Gasteiger charge is 2.03. The molecule has 1 amide bonds. The number of amides is 1. The van der Waals surface area contributed by atoms with E-state index in [-0.39, 0.29) is 5.91 Å². The third-order valence-electron chi connectivity index (χ3n) is 3.30. The molecule has 0 fully saturated rings. The first-order valence-electron chi connectivity index (χ1n) is 7.23. The van der Waals surface area contributed by atoms with Crippen molar-refractivity contribution in [2.24, 2.45) is 5.10 Å². The molecule has 1 N–H and O–H groups in total. The number of hydrogen-bond acceptors (Lipinski definition) is 3. The fourth-order valence-electron chi connectivity index (χ4n) is 2.11. The Balaban J connectivity index is 1.63. The molecule has 112 valence electrons. The van der Waals surface area contributed by atoms with Crippen LogP contribution < -0.4 is 5.43 Å². The summed E-state index contributed by atoms with van der Waals surface area (Å²) in [5, 5.41) is 3.96. The summed E-state index contributed by atoms with van der Waals surface area (Å²) in [5.74, 6) is -0.331. The van der Waals surface area contributed by atoms with E-state index in [0.29, 0.717) is 5.69 Å². The van der Waals surface area contributed by atoms with Crippen LogP contribution in [0.25, 0.3) is 11.1 Å². The Bertz CT molecular complexity index is 797. The zero-order valence-corrected chi connectivity index (χ0v) is 12.4. The molecule has 0 radical (unpaired) electrons. The van der Waals surface area contributed by atoms with Crippen molar-refractivity contribution in [1.82, 2.24) is 10.4 Å². The highest BCUT2D eigenvalue weighted by atomic mass is 16.2. The molecule has 0 aliphatic heterocycles. The lowest BCUT2D eigenvalue weighted by molar-refractivity contribution is 0.0950. The molecule has 4 nitrogen and oxygen atoms in total. The first kappa shape index (κ1) is 14.7. The summed E-state index contributed by atoms with van der Waals surface area (Å²) in [7, 11) is 0. The third kappa shape index (κ3) is 3.89. The monoisotopic (exact) mass is 301 g/mol. The number of rotatable bonds is 4. The number of aromatic nitrogens is 1. The van der Waals surface area contributed by atoms with E-state index in [2.05, 4.69) is 27.6 Å². The largest absolute Gasteiger partial charge is 0.289 e. The van der Waals surface area contributed by atoms with E-state index in [4.69, 9.17) is 0 Å². The molecule has 0 aliphatic carbocycles. The molecule has 0 bridgehead atoms. The van der Waals surface area contributed by atoms with E-state index in [1.165, 1.54) is 5.56 Å². The van der Waals surface area contributed by atoms with Gasteiger partial charge in [-0.1, -0.05) is 60.7 Å². The van der Waals surface area contributed by atoms with Gasteiger partial charge in [0.25, 0.3) is 5.91 Å². The van der Waals surface area contributed by atoms with Crippen molar-refractivity contribution in [1.29, 1.82) is 0 Å². The summed E-state index contributed by atoms with van der Waals surface area (Å²) < 4.78 is 0. The lowest BCUT2D eigenvalue weighted by Gasteiger charge is -2.02. The van der Waals surface area contributed by atoms with E-state index < -0.39 is 0 Å². The van der Waals surface area contributed by atoms with Gasteiger partial charge in [0.2, 0.25) is 0 Å². The van der Waals surface area contributed by atoms with Crippen molar-refractivity contribution in [3.8, 4) is 11.1 Å². The number of carbonyl (C=O) groups excluding carboxylic acids is 1. The summed E-state index contributed by atoms with van der Waals surface area (Å²) >= 11 is 0. The van der Waals surface area contributed by atoms with Crippen LogP contribution >= 0.6 is 0 Å². The fourth-order valence-corrected chi connectivity index (χ4v) is 2.11. The number of nitrogens with one attached hydrogen (secondary N) is 1. The molecule has 0 saturated heterocycles. The summed E-state index contributed by atoms with van der Waals surface area (Å²) in [4.78, 5) is 15.8. The van der Waals surface area contributed by atoms with Crippen molar-refractivity contribution >= 4 is 12.1 Å². The van der Waals surface area contributed by atoms with Crippen molar-refractivity contribution in [2.45, 2.75) is 0 Å². The van der Waals surface area contributed by atoms with Gasteiger partial charge in [-0.25, -0.2) is 5.43 Å². The minimum atomic E-state index is -0.331. The predicted molar refractivity (Wildman–Crippen MR) is 91.2 cm³/mol. The van der Waals surface area contributed by atoms with Crippen LogP contribution in [0, 0.1) is 0 Å². The second-order valence-electron chi connectivity index (χ2n) is 4.90. The van der Waals surface area contributed by atoms with Crippen molar-refractivity contribution in [2.75, 3.05) is 0 Å². The van der Waals surface area contributed by atoms with E-state index in [1.807, 2.05) is 42.5 Å². The highest BCUT2D eigenvalue weighted by Crippen LogP contribution is 2.18. The SMILES string of the molecule is O=C(NN=Cc1ccc(-c2ccccc2)cc1)c1ccccn1. The molecule has 3 rings (SSSR count). The normalized spacial score (nSPS) is 10.6. The van der Waals surface area contributed by atoms with Crippen molar-refractivity contribution in [3.63, 3.8) is 0 Å². The van der Waals surface area contributed by atoms with E-state index in [0.717, 1.165) is 11.1 Å². The lowest BCUT2D eigenvalue weighted by atomic mass is 10.0. The number of pyridine rings is 1. The number of nitrogens with zero attached hydrogens (tertiary/aromatic N) is 2. The first-order chi connectivity index (χ1) is 11.3. The second kappa shape index (κ2) is 7.13. The van der Waals surface area contributed by atoms with Gasteiger partial charge in [0.15, 0.2) is 0 Å². The summed E-state index contributed by atoms with van der Waals surface area (Å²) in [5.41, 5.74) is 6.01. The average Bonchev–Trinajstić information content (AvgIpc) is 2.64. The van der Waals surface area contributed by atoms with Crippen LogP contribution in [0.3, 0.4) is 0 Å². The molecule has 0 aliphatic rings. The predicted octanol–water partition coefficient (Wildman–Crippen LogP) is 3.51. The molecule has 23 heavy (non-hydrogen) atoms. The van der Waals surface area contributed by atoms with Crippen molar-refractivity contribution in [3.05, 3.63) is 90.3 Å². The van der Waals surface area contributed by atoms with Crippen LogP contribution in [0.1, 0.15) is 16.1 Å². The number of hydrazone groups is 1. The van der Waals surface area contributed by atoms with Crippen LogP contribution in [0.4, 0.5) is 0 Å². The van der Waals surface area contributed by atoms with Crippen LogP contribution in [-0.2, 0) is 0 Å². The molecule has 0 unspecified atom stereocenters. The number of carbonyl (C=O) groups is 1. The molecular weight excluding hydrogens is 286 g/mol. The van der Waals surface area contributed by atoms with Gasteiger partial charge in [-0.15, -0.1) is 0 Å². The maximum Gasteiger partial charge on any atom is 0.289 e. The number of hydrogen-bond donors (Lipinski definition) is 1. The van der Waals surface area contributed by atoms with Crippen molar-refractivity contribution < 1.29 is 4.79 Å². The molecule has 0 saturated carbocycles. The fraction of sp³-hybridized carbons (Fsp3) is 0. The Morgan fingerprint density at radius 1 is 0.870 bits per heavy atom. The highest BCUT2D eigenvalue weighted by molar-refractivity contribution is 5.93. The Labute approximate surface area is 134 Å². The lowest BCUT2D eigenvalue weighted by Crippen LogP contribution is -2.18. The molecule has 2 aromatic carbocycles. The Hall–Kier alpha value is -3.27. The maximum atomic E-state index is 11.8. The Morgan fingerprint density at radius 2 is 1.57 bits per heavy atom. The zero-order chi connectivity index (χ0) is 15.9. The molecule has 1 heterocycles. The molecule has 0 atom stereocenters. The minimum absolute atomic E-state index is 0.331. The number of benzene rings is 2. The smallest absolute Gasteiger partial charge is 0.266 e. The first-order valence-corrected chi connectivity index (χ1v) is 7.23. The summed E-state index contributed by atoms with van der Waals surface area (Å²) in [6.45, 7) is 0. The molecule has 1 aromatic heterocycles. The maximum absolute atomic E-state index is 11.8. The Morgan fingerprint density at radius 3 is 2.26 bits per heavy atom. The zero-order valence-electron chi connectivity index (χ0n) is 12.4. The summed E-state index contributed by atoms with van der Waals surface area (Å²) in [6, 6.07) is 23.3. The van der Waals surface area contributed by atoms with Gasteiger partial charge in [0.1, 0.15) is 5.69 Å². The van der Waals surface area contributed by atoms with Gasteiger partial charge in [-0.2, -0.15) is 5.10 Å². The third-order valence-corrected chi connectivity index (χ3v) is 3.30. The second-order valence-corrected chi connectivity index (χ2v) is 4.90. The van der Waals surface area contributed by atoms with E-state index in [9.17, 15) is 4.79 Å². The van der Waals surface area contributed by atoms with Crippen LogP contribution in [0.15, 0.2) is 84.1 Å². The van der Waals surface area contributed by atoms with Gasteiger partial charge in [-0.3, -0.25) is 9.78 Å². The quantitative estimate of drug-likeness (QED) is 0.592. The minimum Gasteiger partial charge on any atom is -0.266 e. The molecular formula is C19H15N3O.